The Morgan fingerprint density at radius 2 is 2.00 bits per heavy atom. The van der Waals surface area contributed by atoms with E-state index in [1.807, 2.05) is 6.92 Å². The molecule has 5 heteroatoms. The number of carbonyl (C=O) groups excluding carboxylic acids is 3. The number of amides is 2. The van der Waals surface area contributed by atoms with Crippen molar-refractivity contribution >= 4 is 18.1 Å². The number of nitrogens with zero attached hydrogens (tertiary/aromatic N) is 1. The number of nitrogens with one attached hydrogen (secondary N) is 1. The third-order valence-electron chi connectivity index (χ3n) is 1.94. The Morgan fingerprint density at radius 3 is 2.43 bits per heavy atom. The first-order valence-electron chi connectivity index (χ1n) is 4.42. The number of imide groups is 1. The minimum atomic E-state index is -0.704. The summed E-state index contributed by atoms with van der Waals surface area (Å²) in [6.45, 7) is 2.88. The van der Waals surface area contributed by atoms with Crippen molar-refractivity contribution in [1.29, 1.82) is 0 Å². The van der Waals surface area contributed by atoms with Gasteiger partial charge in [0.25, 0.3) is 11.8 Å². The van der Waals surface area contributed by atoms with E-state index in [4.69, 9.17) is 0 Å². The van der Waals surface area contributed by atoms with Gasteiger partial charge in [-0.1, -0.05) is 6.92 Å². The van der Waals surface area contributed by atoms with Gasteiger partial charge in [-0.05, 0) is 6.54 Å². The molecule has 2 amide bonds. The molecule has 0 aromatic heterocycles. The normalized spacial score (nSPS) is 17.6. The van der Waals surface area contributed by atoms with Crippen molar-refractivity contribution in [1.82, 2.24) is 10.2 Å². The Bertz CT molecular complexity index is 268. The van der Waals surface area contributed by atoms with Crippen molar-refractivity contribution in [2.24, 2.45) is 0 Å². The molecule has 0 radical (unpaired) electrons. The van der Waals surface area contributed by atoms with Crippen LogP contribution in [0.2, 0.25) is 0 Å². The molecule has 1 N–H and O–H groups in total. The van der Waals surface area contributed by atoms with Crippen LogP contribution in [0.15, 0.2) is 12.2 Å². The Morgan fingerprint density at radius 1 is 1.43 bits per heavy atom. The topological polar surface area (TPSA) is 66.5 Å². The fraction of sp³-hybridized carbons (Fsp3) is 0.444. The first kappa shape index (κ1) is 10.6. The Kier molecular flexibility index (Phi) is 3.53. The molecule has 0 bridgehead atoms. The van der Waals surface area contributed by atoms with Crippen LogP contribution in [-0.2, 0) is 14.4 Å². The first-order chi connectivity index (χ1) is 6.70. The van der Waals surface area contributed by atoms with Gasteiger partial charge in [0.15, 0.2) is 0 Å². The molecule has 0 aromatic rings. The lowest BCUT2D eigenvalue weighted by molar-refractivity contribution is -0.141. The van der Waals surface area contributed by atoms with Crippen molar-refractivity contribution < 1.29 is 14.4 Å². The summed E-state index contributed by atoms with van der Waals surface area (Å²) in [7, 11) is 0. The van der Waals surface area contributed by atoms with Crippen LogP contribution in [-0.4, -0.2) is 42.1 Å². The maximum absolute atomic E-state index is 11.2. The van der Waals surface area contributed by atoms with Crippen LogP contribution < -0.4 is 5.32 Å². The molecule has 76 valence electrons. The largest absolute Gasteiger partial charge is 0.314 e. The Hall–Kier alpha value is -1.49. The minimum absolute atomic E-state index is 0.305. The van der Waals surface area contributed by atoms with Crippen molar-refractivity contribution in [3.05, 3.63) is 12.2 Å². The van der Waals surface area contributed by atoms with Gasteiger partial charge in [0.2, 0.25) is 0 Å². The van der Waals surface area contributed by atoms with Gasteiger partial charge < -0.3 is 10.1 Å². The predicted molar refractivity (Wildman–Crippen MR) is 49.4 cm³/mol. The summed E-state index contributed by atoms with van der Waals surface area (Å²) in [6.07, 6.45) is 2.95. The summed E-state index contributed by atoms with van der Waals surface area (Å²) in [4.78, 5) is 34.0. The van der Waals surface area contributed by atoms with Crippen LogP contribution in [0.25, 0.3) is 0 Å². The average Bonchev–Trinajstić information content (AvgIpc) is 2.50. The van der Waals surface area contributed by atoms with E-state index in [0.29, 0.717) is 19.4 Å². The quantitative estimate of drug-likeness (QED) is 0.456. The smallest absolute Gasteiger partial charge is 0.254 e. The molecule has 0 fully saturated rings. The van der Waals surface area contributed by atoms with E-state index < -0.39 is 17.9 Å². The van der Waals surface area contributed by atoms with Crippen LogP contribution in [0.1, 0.15) is 6.92 Å². The van der Waals surface area contributed by atoms with E-state index in [1.54, 1.807) is 0 Å². The molecule has 0 aromatic carbocycles. The van der Waals surface area contributed by atoms with E-state index in [0.717, 1.165) is 4.90 Å². The fourth-order valence-corrected chi connectivity index (χ4v) is 1.23. The standard InChI is InChI=1S/C9H12N2O3/c1-2-10-5-7(6-12)11-8(13)3-4-9(11)14/h3-4,6-7,10H,2,5H2,1H3. The van der Waals surface area contributed by atoms with Crippen molar-refractivity contribution in [3.63, 3.8) is 0 Å². The summed E-state index contributed by atoms with van der Waals surface area (Å²) in [5, 5.41) is 2.91. The molecule has 14 heavy (non-hydrogen) atoms. The molecule has 1 aliphatic heterocycles. The highest BCUT2D eigenvalue weighted by Gasteiger charge is 2.30. The monoisotopic (exact) mass is 196 g/mol. The molecule has 0 spiro atoms. The second-order valence-corrected chi connectivity index (χ2v) is 2.89. The van der Waals surface area contributed by atoms with Crippen molar-refractivity contribution in [2.75, 3.05) is 13.1 Å². The van der Waals surface area contributed by atoms with E-state index >= 15 is 0 Å². The van der Waals surface area contributed by atoms with E-state index in [-0.39, 0.29) is 0 Å². The highest BCUT2D eigenvalue weighted by atomic mass is 16.2. The fourth-order valence-electron chi connectivity index (χ4n) is 1.23. The molecule has 1 rings (SSSR count). The van der Waals surface area contributed by atoms with Gasteiger partial charge in [0, 0.05) is 18.7 Å². The van der Waals surface area contributed by atoms with Gasteiger partial charge in [-0.3, -0.25) is 14.5 Å². The summed E-state index contributed by atoms with van der Waals surface area (Å²) in [6, 6.07) is -0.704. The zero-order chi connectivity index (χ0) is 10.6. The molecular formula is C9H12N2O3. The van der Waals surface area contributed by atoms with Crippen LogP contribution in [0.3, 0.4) is 0 Å². The SMILES string of the molecule is CCNCC(C=O)N1C(=O)C=CC1=O. The summed E-state index contributed by atoms with van der Waals surface area (Å²) < 4.78 is 0. The van der Waals surface area contributed by atoms with Gasteiger partial charge in [-0.15, -0.1) is 0 Å². The molecule has 1 atom stereocenters. The van der Waals surface area contributed by atoms with E-state index in [2.05, 4.69) is 5.32 Å². The van der Waals surface area contributed by atoms with Crippen LogP contribution in [0, 0.1) is 0 Å². The molecule has 0 aliphatic carbocycles. The summed E-state index contributed by atoms with van der Waals surface area (Å²) in [5.74, 6) is -0.852. The second-order valence-electron chi connectivity index (χ2n) is 2.89. The highest BCUT2D eigenvalue weighted by molar-refractivity contribution is 6.14. The molecule has 5 nitrogen and oxygen atoms in total. The lowest BCUT2D eigenvalue weighted by atomic mass is 10.3. The van der Waals surface area contributed by atoms with Crippen molar-refractivity contribution in [2.45, 2.75) is 13.0 Å². The molecular weight excluding hydrogens is 184 g/mol. The lowest BCUT2D eigenvalue weighted by Crippen LogP contribution is -2.46. The van der Waals surface area contributed by atoms with Gasteiger partial charge >= 0.3 is 0 Å². The van der Waals surface area contributed by atoms with E-state index in [9.17, 15) is 14.4 Å². The maximum atomic E-state index is 11.2. The van der Waals surface area contributed by atoms with Crippen LogP contribution in [0.5, 0.6) is 0 Å². The van der Waals surface area contributed by atoms with Crippen LogP contribution >= 0.6 is 0 Å². The number of carbonyl (C=O) groups is 3. The van der Waals surface area contributed by atoms with Gasteiger partial charge in [-0.2, -0.15) is 0 Å². The third-order valence-corrected chi connectivity index (χ3v) is 1.94. The molecule has 1 aliphatic rings. The number of hydrogen-bond donors (Lipinski definition) is 1. The third kappa shape index (κ3) is 2.05. The van der Waals surface area contributed by atoms with Crippen molar-refractivity contribution in [3.8, 4) is 0 Å². The average molecular weight is 196 g/mol. The highest BCUT2D eigenvalue weighted by Crippen LogP contribution is 2.07. The Balaban J connectivity index is 2.65. The molecule has 1 heterocycles. The van der Waals surface area contributed by atoms with Gasteiger partial charge in [-0.25, -0.2) is 0 Å². The van der Waals surface area contributed by atoms with Gasteiger partial charge in [0.1, 0.15) is 12.3 Å². The van der Waals surface area contributed by atoms with Crippen LogP contribution in [0.4, 0.5) is 0 Å². The summed E-state index contributed by atoms with van der Waals surface area (Å²) in [5.41, 5.74) is 0. The zero-order valence-electron chi connectivity index (χ0n) is 7.90. The van der Waals surface area contributed by atoms with E-state index in [1.165, 1.54) is 12.2 Å². The number of aldehydes is 1. The van der Waals surface area contributed by atoms with Gasteiger partial charge in [0.05, 0.1) is 0 Å². The first-order valence-corrected chi connectivity index (χ1v) is 4.42. The zero-order valence-corrected chi connectivity index (χ0v) is 7.90. The number of hydrogen-bond acceptors (Lipinski definition) is 4. The number of rotatable bonds is 5. The number of likely N-dealkylation sites (N-methyl/N-ethyl adjacent to an activating group) is 1. The Labute approximate surface area is 81.8 Å². The second kappa shape index (κ2) is 4.66. The minimum Gasteiger partial charge on any atom is -0.314 e. The molecule has 0 saturated carbocycles. The molecule has 1 unspecified atom stereocenters. The summed E-state index contributed by atoms with van der Waals surface area (Å²) >= 11 is 0. The lowest BCUT2D eigenvalue weighted by Gasteiger charge is -2.20. The molecule has 0 saturated heterocycles. The predicted octanol–water partition coefficient (Wildman–Crippen LogP) is -0.912. The maximum Gasteiger partial charge on any atom is 0.254 e.